The van der Waals surface area contributed by atoms with E-state index >= 15 is 0 Å². The topological polar surface area (TPSA) is 0 Å². The van der Waals surface area contributed by atoms with Crippen LogP contribution in [-0.4, -0.2) is 0 Å². The Kier molecular flexibility index (Phi) is 29.3. The molecule has 1 heteroatoms. The number of rotatable bonds is 21. The van der Waals surface area contributed by atoms with Crippen LogP contribution in [0, 0.1) is 0 Å². The predicted molar refractivity (Wildman–Crippen MR) is 123 cm³/mol. The Labute approximate surface area is 168 Å². The molecule has 0 aliphatic carbocycles. The van der Waals surface area contributed by atoms with Crippen LogP contribution in [0.5, 0.6) is 0 Å². The molecule has 0 saturated carbocycles. The maximum atomic E-state index is 2.30. The van der Waals surface area contributed by atoms with Crippen LogP contribution in [0.4, 0.5) is 0 Å². The zero-order valence-corrected chi connectivity index (χ0v) is 19.1. The van der Waals surface area contributed by atoms with Crippen molar-refractivity contribution in [3.05, 3.63) is 0 Å². The quantitative estimate of drug-likeness (QED) is 0.176. The van der Waals surface area contributed by atoms with E-state index in [2.05, 4.69) is 13.8 Å². The van der Waals surface area contributed by atoms with Crippen molar-refractivity contribution in [3.8, 4) is 0 Å². The van der Waals surface area contributed by atoms with Crippen molar-refractivity contribution in [2.75, 3.05) is 0 Å². The van der Waals surface area contributed by atoms with Gasteiger partial charge in [-0.25, -0.2) is 0 Å². The van der Waals surface area contributed by atoms with Crippen molar-refractivity contribution in [1.29, 1.82) is 0 Å². The molecule has 0 radical (unpaired) electrons. The average Bonchev–Trinajstić information content (AvgIpc) is 2.60. The lowest BCUT2D eigenvalue weighted by Gasteiger charge is -2.04. The van der Waals surface area contributed by atoms with Gasteiger partial charge in [-0.05, 0) is 0 Å². The van der Waals surface area contributed by atoms with E-state index in [0.717, 1.165) is 0 Å². The van der Waals surface area contributed by atoms with E-state index in [-0.39, 0.29) is 13.5 Å². The van der Waals surface area contributed by atoms with Gasteiger partial charge >= 0.3 is 0 Å². The molecule has 0 amide bonds. The van der Waals surface area contributed by atoms with Crippen LogP contribution in [-0.2, 0) is 0 Å². The molecule has 0 aromatic heterocycles. The molecule has 0 aliphatic heterocycles. The maximum absolute atomic E-state index is 2.30. The number of hydrogen-bond donors (Lipinski definition) is 0. The smallest absolute Gasteiger partial charge is 0.0533 e. The van der Waals surface area contributed by atoms with Crippen LogP contribution >= 0.6 is 13.5 Å². The Hall–Kier alpha value is 0.350. The zero-order valence-electron chi connectivity index (χ0n) is 18.1. The molecule has 0 heterocycles. The van der Waals surface area contributed by atoms with E-state index < -0.39 is 0 Å². The summed E-state index contributed by atoms with van der Waals surface area (Å²) in [5.74, 6) is 0. The molecule has 0 aliphatic rings. The highest BCUT2D eigenvalue weighted by Crippen LogP contribution is 2.15. The van der Waals surface area contributed by atoms with Crippen molar-refractivity contribution < 1.29 is 0 Å². The van der Waals surface area contributed by atoms with Gasteiger partial charge in [-0.15, -0.1) is 0 Å². The first-order valence-corrected chi connectivity index (χ1v) is 11.9. The minimum atomic E-state index is 0. The van der Waals surface area contributed by atoms with Crippen LogP contribution in [0.1, 0.15) is 155 Å². The first kappa shape index (κ1) is 27.6. The Morgan fingerprint density at radius 3 is 0.480 bits per heavy atom. The summed E-state index contributed by atoms with van der Waals surface area (Å²) in [5, 5.41) is 0. The summed E-state index contributed by atoms with van der Waals surface area (Å²) in [6, 6.07) is 0. The fraction of sp³-hybridized carbons (Fsp3) is 1.00. The van der Waals surface area contributed by atoms with E-state index in [1.807, 2.05) is 0 Å². The van der Waals surface area contributed by atoms with Gasteiger partial charge in [0.25, 0.3) is 0 Å². The van der Waals surface area contributed by atoms with Crippen molar-refractivity contribution in [3.63, 3.8) is 0 Å². The van der Waals surface area contributed by atoms with E-state index in [4.69, 9.17) is 0 Å². The Balaban J connectivity index is 0. The van der Waals surface area contributed by atoms with E-state index in [1.54, 1.807) is 0 Å². The van der Waals surface area contributed by atoms with E-state index in [0.29, 0.717) is 0 Å². The summed E-state index contributed by atoms with van der Waals surface area (Å²) in [6.07, 6.45) is 32.4. The molecule has 0 unspecified atom stereocenters. The Morgan fingerprint density at radius 1 is 0.240 bits per heavy atom. The first-order valence-electron chi connectivity index (χ1n) is 11.9. The SMILES string of the molecule is CCCCCCCCCCCCCCCCCCCCCCCC.S. The second-order valence-electron chi connectivity index (χ2n) is 8.07. The summed E-state index contributed by atoms with van der Waals surface area (Å²) in [4.78, 5) is 0. The molecule has 0 bridgehead atoms. The predicted octanol–water partition coefficient (Wildman–Crippen LogP) is 9.72. The summed E-state index contributed by atoms with van der Waals surface area (Å²) in [7, 11) is 0. The summed E-state index contributed by atoms with van der Waals surface area (Å²) in [5.41, 5.74) is 0. The standard InChI is InChI=1S/C24H50.H2S/c1-3-5-7-9-11-13-15-17-19-21-23-24-22-20-18-16-14-12-10-8-6-4-2;/h3-24H2,1-2H3;1H2. The molecule has 0 atom stereocenters. The molecular weight excluding hydrogens is 320 g/mol. The Morgan fingerprint density at radius 2 is 0.360 bits per heavy atom. The fourth-order valence-corrected chi connectivity index (χ4v) is 3.68. The molecule has 0 rings (SSSR count). The van der Waals surface area contributed by atoms with Crippen LogP contribution in [0.2, 0.25) is 0 Å². The third-order valence-corrected chi connectivity index (χ3v) is 5.46. The molecule has 0 aromatic carbocycles. The maximum Gasteiger partial charge on any atom is -0.0533 e. The minimum Gasteiger partial charge on any atom is -0.197 e. The molecule has 0 fully saturated rings. The molecule has 0 aromatic rings. The summed E-state index contributed by atoms with van der Waals surface area (Å²) < 4.78 is 0. The largest absolute Gasteiger partial charge is 0.197 e. The molecule has 25 heavy (non-hydrogen) atoms. The molecule has 0 nitrogen and oxygen atoms in total. The molecule has 154 valence electrons. The zero-order chi connectivity index (χ0) is 17.6. The first-order chi connectivity index (χ1) is 11.9. The highest BCUT2D eigenvalue weighted by molar-refractivity contribution is 7.59. The number of hydrogen-bond acceptors (Lipinski definition) is 0. The molecule has 0 spiro atoms. The van der Waals surface area contributed by atoms with Crippen LogP contribution < -0.4 is 0 Å². The lowest BCUT2D eigenvalue weighted by atomic mass is 10.0. The Bertz CT molecular complexity index is 180. The van der Waals surface area contributed by atoms with E-state index in [9.17, 15) is 0 Å². The van der Waals surface area contributed by atoms with Gasteiger partial charge in [0.2, 0.25) is 0 Å². The average molecular weight is 373 g/mol. The highest BCUT2D eigenvalue weighted by Gasteiger charge is 1.95. The van der Waals surface area contributed by atoms with Crippen LogP contribution in [0.25, 0.3) is 0 Å². The lowest BCUT2D eigenvalue weighted by Crippen LogP contribution is -1.84. The monoisotopic (exact) mass is 372 g/mol. The van der Waals surface area contributed by atoms with Crippen molar-refractivity contribution in [2.24, 2.45) is 0 Å². The minimum absolute atomic E-state index is 0. The van der Waals surface area contributed by atoms with Gasteiger partial charge in [0.1, 0.15) is 0 Å². The van der Waals surface area contributed by atoms with Crippen molar-refractivity contribution >= 4 is 13.5 Å². The van der Waals surface area contributed by atoms with Gasteiger partial charge in [0, 0.05) is 0 Å². The van der Waals surface area contributed by atoms with Gasteiger partial charge in [0.05, 0.1) is 0 Å². The van der Waals surface area contributed by atoms with Gasteiger partial charge in [-0.1, -0.05) is 155 Å². The second kappa shape index (κ2) is 26.6. The normalized spacial score (nSPS) is 10.8. The summed E-state index contributed by atoms with van der Waals surface area (Å²) >= 11 is 0. The number of unbranched alkanes of at least 4 members (excludes halogenated alkanes) is 21. The van der Waals surface area contributed by atoms with Crippen LogP contribution in [0.15, 0.2) is 0 Å². The van der Waals surface area contributed by atoms with Crippen LogP contribution in [0.3, 0.4) is 0 Å². The third kappa shape index (κ3) is 26.7. The second-order valence-corrected chi connectivity index (χ2v) is 8.07. The van der Waals surface area contributed by atoms with Gasteiger partial charge in [-0.3, -0.25) is 0 Å². The van der Waals surface area contributed by atoms with Gasteiger partial charge in [-0.2, -0.15) is 13.5 Å². The fourth-order valence-electron chi connectivity index (χ4n) is 3.68. The molecule has 0 N–H and O–H groups in total. The van der Waals surface area contributed by atoms with Crippen molar-refractivity contribution in [2.45, 2.75) is 155 Å². The van der Waals surface area contributed by atoms with Crippen molar-refractivity contribution in [1.82, 2.24) is 0 Å². The highest BCUT2D eigenvalue weighted by atomic mass is 32.1. The third-order valence-electron chi connectivity index (χ3n) is 5.46. The summed E-state index contributed by atoms with van der Waals surface area (Å²) in [6.45, 7) is 4.60. The van der Waals surface area contributed by atoms with Gasteiger partial charge < -0.3 is 0 Å². The lowest BCUT2D eigenvalue weighted by molar-refractivity contribution is 0.520. The van der Waals surface area contributed by atoms with E-state index in [1.165, 1.54) is 141 Å². The molecule has 0 saturated heterocycles. The molecular formula is C24H52S. The van der Waals surface area contributed by atoms with Gasteiger partial charge in [0.15, 0.2) is 0 Å².